The third kappa shape index (κ3) is 1.51. The molecule has 0 saturated carbocycles. The molecule has 2 aromatic heterocycles. The Morgan fingerprint density at radius 2 is 2.23 bits per heavy atom. The third-order valence-corrected chi connectivity index (χ3v) is 3.19. The highest BCUT2D eigenvalue weighted by molar-refractivity contribution is 7.19. The number of fused-ring (bicyclic) bond motifs is 1. The zero-order chi connectivity index (χ0) is 9.42. The van der Waals surface area contributed by atoms with Crippen LogP contribution in [0.1, 0.15) is 11.3 Å². The van der Waals surface area contributed by atoms with Crippen LogP contribution in [0.15, 0.2) is 18.3 Å². The van der Waals surface area contributed by atoms with Crippen LogP contribution in [0.4, 0.5) is 8.78 Å². The summed E-state index contributed by atoms with van der Waals surface area (Å²) in [5.41, 5.74) is 0.535. The Morgan fingerprint density at radius 1 is 1.46 bits per heavy atom. The molecule has 0 spiro atoms. The first-order valence-electron chi connectivity index (χ1n) is 3.50. The fourth-order valence-corrected chi connectivity index (χ4v) is 2.18. The summed E-state index contributed by atoms with van der Waals surface area (Å²) in [7, 11) is 0. The van der Waals surface area contributed by atoms with E-state index in [1.165, 1.54) is 12.3 Å². The average molecular weight is 220 g/mol. The van der Waals surface area contributed by atoms with Gasteiger partial charge < -0.3 is 0 Å². The van der Waals surface area contributed by atoms with Gasteiger partial charge in [0.1, 0.15) is 0 Å². The van der Waals surface area contributed by atoms with Crippen molar-refractivity contribution in [2.45, 2.75) is 6.43 Å². The van der Waals surface area contributed by atoms with Gasteiger partial charge in [-0.05, 0) is 12.1 Å². The van der Waals surface area contributed by atoms with Crippen LogP contribution < -0.4 is 0 Å². The Morgan fingerprint density at radius 3 is 2.85 bits per heavy atom. The van der Waals surface area contributed by atoms with Gasteiger partial charge in [-0.1, -0.05) is 11.6 Å². The number of hydrogen-bond donors (Lipinski definition) is 0. The predicted molar refractivity (Wildman–Crippen MR) is 49.6 cm³/mol. The van der Waals surface area contributed by atoms with Gasteiger partial charge in [-0.3, -0.25) is 4.98 Å². The Kier molecular flexibility index (Phi) is 2.17. The maximum atomic E-state index is 12.3. The van der Waals surface area contributed by atoms with Gasteiger partial charge in [0.2, 0.25) is 0 Å². The molecule has 0 aliphatic heterocycles. The number of rotatable bonds is 1. The fraction of sp³-hybridized carbons (Fsp3) is 0.125. The maximum absolute atomic E-state index is 12.3. The Balaban J connectivity index is 2.68. The van der Waals surface area contributed by atoms with Crippen molar-refractivity contribution in [3.8, 4) is 0 Å². The molecule has 0 atom stereocenters. The largest absolute Gasteiger partial charge is 0.272 e. The van der Waals surface area contributed by atoms with Crippen LogP contribution in [0.5, 0.6) is 0 Å². The van der Waals surface area contributed by atoms with E-state index in [4.69, 9.17) is 11.6 Å². The second-order valence-electron chi connectivity index (χ2n) is 2.46. The zero-order valence-corrected chi connectivity index (χ0v) is 7.87. The van der Waals surface area contributed by atoms with E-state index in [0.717, 1.165) is 11.3 Å². The van der Waals surface area contributed by atoms with Crippen LogP contribution in [-0.2, 0) is 0 Å². The Labute approximate surface area is 82.0 Å². The molecule has 2 aromatic rings. The number of nitrogens with zero attached hydrogens (tertiary/aromatic N) is 1. The molecule has 2 rings (SSSR count). The smallest absolute Gasteiger partial charge is 0.255 e. The number of halogens is 3. The van der Waals surface area contributed by atoms with Crippen molar-refractivity contribution < 1.29 is 8.78 Å². The van der Waals surface area contributed by atoms with Gasteiger partial charge in [-0.25, -0.2) is 8.78 Å². The standard InChI is InChI=1S/C8H4ClF2NS/c9-4-1-2-12-5-3-6(8(10)11)13-7(4)5/h1-3,8H. The summed E-state index contributed by atoms with van der Waals surface area (Å²) >= 11 is 6.79. The van der Waals surface area contributed by atoms with Crippen molar-refractivity contribution in [2.24, 2.45) is 0 Å². The molecule has 0 radical (unpaired) electrons. The van der Waals surface area contributed by atoms with E-state index in [2.05, 4.69) is 4.98 Å². The highest BCUT2D eigenvalue weighted by atomic mass is 35.5. The molecule has 0 bridgehead atoms. The van der Waals surface area contributed by atoms with E-state index >= 15 is 0 Å². The van der Waals surface area contributed by atoms with Crippen LogP contribution in [0.25, 0.3) is 10.2 Å². The molecule has 0 amide bonds. The zero-order valence-electron chi connectivity index (χ0n) is 6.30. The molecule has 1 nitrogen and oxygen atoms in total. The van der Waals surface area contributed by atoms with Crippen molar-refractivity contribution in [2.75, 3.05) is 0 Å². The van der Waals surface area contributed by atoms with Crippen molar-refractivity contribution >= 4 is 33.2 Å². The first-order chi connectivity index (χ1) is 6.18. The van der Waals surface area contributed by atoms with Gasteiger partial charge in [0, 0.05) is 6.20 Å². The number of pyridine rings is 1. The Bertz CT molecular complexity index is 441. The van der Waals surface area contributed by atoms with Crippen LogP contribution in [-0.4, -0.2) is 4.98 Å². The van der Waals surface area contributed by atoms with Gasteiger partial charge in [0.25, 0.3) is 6.43 Å². The molecule has 0 fully saturated rings. The van der Waals surface area contributed by atoms with E-state index in [1.807, 2.05) is 0 Å². The topological polar surface area (TPSA) is 12.9 Å². The minimum atomic E-state index is -2.45. The lowest BCUT2D eigenvalue weighted by atomic mass is 10.4. The molecule has 5 heteroatoms. The summed E-state index contributed by atoms with van der Waals surface area (Å²) < 4.78 is 25.2. The second-order valence-corrected chi connectivity index (χ2v) is 3.95. The predicted octanol–water partition coefficient (Wildman–Crippen LogP) is 3.89. The van der Waals surface area contributed by atoms with Gasteiger partial charge in [-0.2, -0.15) is 0 Å². The normalized spacial score (nSPS) is 11.4. The van der Waals surface area contributed by atoms with Crippen LogP contribution >= 0.6 is 22.9 Å². The molecule has 13 heavy (non-hydrogen) atoms. The van der Waals surface area contributed by atoms with Gasteiger partial charge in [-0.15, -0.1) is 11.3 Å². The van der Waals surface area contributed by atoms with Gasteiger partial charge in [0.15, 0.2) is 0 Å². The molecule has 0 aliphatic carbocycles. The first-order valence-corrected chi connectivity index (χ1v) is 4.70. The monoisotopic (exact) mass is 219 g/mol. The van der Waals surface area contributed by atoms with E-state index in [-0.39, 0.29) is 4.88 Å². The minimum Gasteiger partial charge on any atom is -0.255 e. The maximum Gasteiger partial charge on any atom is 0.272 e. The fourth-order valence-electron chi connectivity index (χ4n) is 1.03. The summed E-state index contributed by atoms with van der Waals surface area (Å²) in [6.07, 6.45) is -0.942. The second kappa shape index (κ2) is 3.20. The highest BCUT2D eigenvalue weighted by Gasteiger charge is 2.13. The minimum absolute atomic E-state index is 0.00981. The van der Waals surface area contributed by atoms with Crippen molar-refractivity contribution in [1.29, 1.82) is 0 Å². The van der Waals surface area contributed by atoms with Crippen LogP contribution in [0.2, 0.25) is 5.02 Å². The SMILES string of the molecule is FC(F)c1cc2nccc(Cl)c2s1. The third-order valence-electron chi connectivity index (χ3n) is 1.60. The van der Waals surface area contributed by atoms with Crippen LogP contribution in [0.3, 0.4) is 0 Å². The molecule has 68 valence electrons. The lowest BCUT2D eigenvalue weighted by molar-refractivity contribution is 0.156. The van der Waals surface area contributed by atoms with Gasteiger partial charge >= 0.3 is 0 Å². The summed E-state index contributed by atoms with van der Waals surface area (Å²) in [5.74, 6) is 0. The highest BCUT2D eigenvalue weighted by Crippen LogP contribution is 2.34. The van der Waals surface area contributed by atoms with E-state index in [9.17, 15) is 8.78 Å². The molecule has 0 unspecified atom stereocenters. The molecular formula is C8H4ClF2NS. The number of hydrogen-bond acceptors (Lipinski definition) is 2. The van der Waals surface area contributed by atoms with E-state index in [1.54, 1.807) is 6.07 Å². The summed E-state index contributed by atoms with van der Waals surface area (Å²) in [6.45, 7) is 0. The molecule has 0 aliphatic rings. The molecule has 0 N–H and O–H groups in total. The summed E-state index contributed by atoms with van der Waals surface area (Å²) in [6, 6.07) is 2.96. The molecule has 0 aromatic carbocycles. The number of alkyl halides is 2. The summed E-state index contributed by atoms with van der Waals surface area (Å²) in [5, 5.41) is 0.474. The first kappa shape index (κ1) is 8.84. The lowest BCUT2D eigenvalue weighted by Crippen LogP contribution is -1.73. The average Bonchev–Trinajstić information content (AvgIpc) is 2.49. The quantitative estimate of drug-likeness (QED) is 0.709. The summed E-state index contributed by atoms with van der Waals surface area (Å²) in [4.78, 5) is 3.95. The molecule has 0 saturated heterocycles. The molecular weight excluding hydrogens is 216 g/mol. The number of aromatic nitrogens is 1. The van der Waals surface area contributed by atoms with E-state index in [0.29, 0.717) is 15.2 Å². The lowest BCUT2D eigenvalue weighted by Gasteiger charge is -1.89. The van der Waals surface area contributed by atoms with E-state index < -0.39 is 6.43 Å². The Hall–Kier alpha value is -0.740. The number of thiophene rings is 1. The van der Waals surface area contributed by atoms with Crippen LogP contribution in [0, 0.1) is 0 Å². The van der Waals surface area contributed by atoms with Crippen molar-refractivity contribution in [3.63, 3.8) is 0 Å². The molecule has 2 heterocycles. The van der Waals surface area contributed by atoms with Gasteiger partial charge in [0.05, 0.1) is 20.1 Å². The van der Waals surface area contributed by atoms with Crippen molar-refractivity contribution in [3.05, 3.63) is 28.2 Å². The van der Waals surface area contributed by atoms with Crippen molar-refractivity contribution in [1.82, 2.24) is 4.98 Å².